The van der Waals surface area contributed by atoms with Gasteiger partial charge in [0.1, 0.15) is 0 Å². The third-order valence-electron chi connectivity index (χ3n) is 2.95. The molecule has 1 amide bonds. The molecule has 0 spiro atoms. The number of hydrogen-bond donors (Lipinski definition) is 2. The number of nitrogens with zero attached hydrogens (tertiary/aromatic N) is 1. The van der Waals surface area contributed by atoms with Crippen LogP contribution in [0.15, 0.2) is 4.99 Å². The maximum Gasteiger partial charge on any atom is 0.227 e. The second-order valence-corrected chi connectivity index (χ2v) is 4.96. The van der Waals surface area contributed by atoms with Gasteiger partial charge in [-0.3, -0.25) is 9.79 Å². The van der Waals surface area contributed by atoms with Gasteiger partial charge in [0.2, 0.25) is 5.91 Å². The minimum absolute atomic E-state index is 0.0641. The predicted octanol–water partition coefficient (Wildman–Crippen LogP) is 1.32. The highest BCUT2D eigenvalue weighted by atomic mass is 16.2. The molecule has 0 saturated carbocycles. The molecule has 0 fully saturated rings. The Morgan fingerprint density at radius 2 is 2.12 bits per heavy atom. The summed E-state index contributed by atoms with van der Waals surface area (Å²) < 4.78 is 0. The molecule has 0 aliphatic carbocycles. The first kappa shape index (κ1) is 13.0. The van der Waals surface area contributed by atoms with E-state index in [1.54, 1.807) is 7.05 Å². The topological polar surface area (TPSA) is 53.5 Å². The fourth-order valence-corrected chi connectivity index (χ4v) is 1.76. The van der Waals surface area contributed by atoms with Crippen molar-refractivity contribution in [2.24, 2.45) is 10.4 Å². The Kier molecular flexibility index (Phi) is 4.77. The summed E-state index contributed by atoms with van der Waals surface area (Å²) in [6, 6.07) is 0. The number of carbonyl (C=O) groups excluding carboxylic acids is 1. The Hall–Kier alpha value is -1.06. The fraction of sp³-hybridized carbons (Fsp3) is 0.833. The Labute approximate surface area is 97.9 Å². The highest BCUT2D eigenvalue weighted by Gasteiger charge is 2.26. The highest BCUT2D eigenvalue weighted by Crippen LogP contribution is 2.14. The number of hydrogen-bond acceptors (Lipinski definition) is 3. The van der Waals surface area contributed by atoms with Gasteiger partial charge in [0.25, 0.3) is 0 Å². The first-order valence-electron chi connectivity index (χ1n) is 6.05. The lowest BCUT2D eigenvalue weighted by molar-refractivity contribution is -0.128. The Balaban J connectivity index is 2.43. The number of nitrogens with one attached hydrogen (secondary N) is 2. The predicted molar refractivity (Wildman–Crippen MR) is 66.6 cm³/mol. The van der Waals surface area contributed by atoms with Crippen LogP contribution in [-0.2, 0) is 4.79 Å². The van der Waals surface area contributed by atoms with Gasteiger partial charge in [-0.2, -0.15) is 0 Å². The number of rotatable bonds is 3. The van der Waals surface area contributed by atoms with Crippen molar-refractivity contribution >= 4 is 11.7 Å². The van der Waals surface area contributed by atoms with E-state index in [0.717, 1.165) is 18.8 Å². The molecule has 2 N–H and O–H groups in total. The molecule has 0 atom stereocenters. The molecular weight excluding hydrogens is 202 g/mol. The fourth-order valence-electron chi connectivity index (χ4n) is 1.76. The minimum atomic E-state index is -0.385. The summed E-state index contributed by atoms with van der Waals surface area (Å²) in [5, 5.41) is 5.99. The van der Waals surface area contributed by atoms with Crippen molar-refractivity contribution in [3.63, 3.8) is 0 Å². The Bertz CT molecular complexity index is 271. The van der Waals surface area contributed by atoms with Crippen molar-refractivity contribution in [2.75, 3.05) is 20.1 Å². The first-order valence-corrected chi connectivity index (χ1v) is 6.05. The molecule has 1 aliphatic heterocycles. The van der Waals surface area contributed by atoms with E-state index in [2.05, 4.69) is 15.6 Å². The summed E-state index contributed by atoms with van der Waals surface area (Å²) >= 11 is 0. The van der Waals surface area contributed by atoms with Gasteiger partial charge in [0.15, 0.2) is 0 Å². The molecule has 4 nitrogen and oxygen atoms in total. The van der Waals surface area contributed by atoms with Gasteiger partial charge in [0, 0.05) is 26.6 Å². The van der Waals surface area contributed by atoms with E-state index in [4.69, 9.17) is 0 Å². The maximum atomic E-state index is 11.6. The standard InChI is InChI=1S/C12H23N3O/c1-12(2,11(16)13-3)9-15-10-7-5-4-6-8-14-10/h4-9H2,1-3H3,(H,13,16)(H,14,15). The molecule has 0 radical (unpaired) electrons. The van der Waals surface area contributed by atoms with Crippen LogP contribution in [0.25, 0.3) is 0 Å². The molecule has 1 rings (SSSR count). The van der Waals surface area contributed by atoms with Crippen LogP contribution in [-0.4, -0.2) is 31.9 Å². The van der Waals surface area contributed by atoms with E-state index in [1.807, 2.05) is 13.8 Å². The van der Waals surface area contributed by atoms with Crippen LogP contribution in [0.1, 0.15) is 39.5 Å². The average Bonchev–Trinajstić information content (AvgIpc) is 2.53. The van der Waals surface area contributed by atoms with E-state index >= 15 is 0 Å². The summed E-state index contributed by atoms with van der Waals surface area (Å²) in [6.07, 6.45) is 4.66. The molecule has 1 heterocycles. The van der Waals surface area contributed by atoms with Crippen LogP contribution in [0.2, 0.25) is 0 Å². The SMILES string of the molecule is CNC(=O)C(C)(C)CNC1=NCCCCC1. The average molecular weight is 225 g/mol. The molecule has 0 aromatic heterocycles. The number of amidine groups is 1. The highest BCUT2D eigenvalue weighted by molar-refractivity contribution is 5.85. The van der Waals surface area contributed by atoms with Crippen LogP contribution >= 0.6 is 0 Å². The molecule has 0 unspecified atom stereocenters. The molecule has 0 aromatic rings. The van der Waals surface area contributed by atoms with Crippen molar-refractivity contribution in [3.8, 4) is 0 Å². The summed E-state index contributed by atoms with van der Waals surface area (Å²) in [4.78, 5) is 16.1. The largest absolute Gasteiger partial charge is 0.373 e. The molecule has 4 heteroatoms. The first-order chi connectivity index (χ1) is 7.56. The van der Waals surface area contributed by atoms with Gasteiger partial charge in [-0.05, 0) is 26.7 Å². The Morgan fingerprint density at radius 1 is 1.38 bits per heavy atom. The zero-order valence-corrected chi connectivity index (χ0v) is 10.6. The monoisotopic (exact) mass is 225 g/mol. The molecule has 16 heavy (non-hydrogen) atoms. The summed E-state index contributed by atoms with van der Waals surface area (Å²) in [7, 11) is 1.67. The summed E-state index contributed by atoms with van der Waals surface area (Å²) in [6.45, 7) is 5.44. The van der Waals surface area contributed by atoms with Crippen LogP contribution in [0, 0.1) is 5.41 Å². The normalized spacial score (nSPS) is 17.3. The molecule has 0 aromatic carbocycles. The maximum absolute atomic E-state index is 11.6. The van der Waals surface area contributed by atoms with Crippen molar-refractivity contribution in [1.29, 1.82) is 0 Å². The molecular formula is C12H23N3O. The zero-order chi connectivity index (χ0) is 12.0. The van der Waals surface area contributed by atoms with Crippen LogP contribution in [0.4, 0.5) is 0 Å². The van der Waals surface area contributed by atoms with Gasteiger partial charge in [0.05, 0.1) is 11.3 Å². The molecule has 0 saturated heterocycles. The van der Waals surface area contributed by atoms with E-state index in [1.165, 1.54) is 19.3 Å². The number of carbonyl (C=O) groups is 1. The van der Waals surface area contributed by atoms with E-state index in [0.29, 0.717) is 6.54 Å². The Morgan fingerprint density at radius 3 is 2.81 bits per heavy atom. The lowest BCUT2D eigenvalue weighted by atomic mass is 9.92. The number of amides is 1. The van der Waals surface area contributed by atoms with Gasteiger partial charge in [-0.15, -0.1) is 0 Å². The molecule has 92 valence electrons. The number of aliphatic imine (C=N–C) groups is 1. The smallest absolute Gasteiger partial charge is 0.227 e. The van der Waals surface area contributed by atoms with Crippen LogP contribution in [0.3, 0.4) is 0 Å². The van der Waals surface area contributed by atoms with Crippen molar-refractivity contribution in [1.82, 2.24) is 10.6 Å². The minimum Gasteiger partial charge on any atom is -0.373 e. The zero-order valence-electron chi connectivity index (χ0n) is 10.6. The summed E-state index contributed by atoms with van der Waals surface area (Å²) in [5.41, 5.74) is -0.385. The van der Waals surface area contributed by atoms with Gasteiger partial charge >= 0.3 is 0 Å². The lowest BCUT2D eigenvalue weighted by Gasteiger charge is -2.23. The third-order valence-corrected chi connectivity index (χ3v) is 2.95. The molecule has 0 bridgehead atoms. The lowest BCUT2D eigenvalue weighted by Crippen LogP contribution is -2.43. The second kappa shape index (κ2) is 5.87. The van der Waals surface area contributed by atoms with Gasteiger partial charge in [-0.25, -0.2) is 0 Å². The van der Waals surface area contributed by atoms with E-state index < -0.39 is 0 Å². The van der Waals surface area contributed by atoms with Crippen LogP contribution in [0.5, 0.6) is 0 Å². The van der Waals surface area contributed by atoms with Gasteiger partial charge in [-0.1, -0.05) is 6.42 Å². The van der Waals surface area contributed by atoms with Crippen molar-refractivity contribution < 1.29 is 4.79 Å². The van der Waals surface area contributed by atoms with E-state index in [-0.39, 0.29) is 11.3 Å². The summed E-state index contributed by atoms with van der Waals surface area (Å²) in [5.74, 6) is 1.13. The quantitative estimate of drug-likeness (QED) is 0.761. The van der Waals surface area contributed by atoms with Crippen molar-refractivity contribution in [3.05, 3.63) is 0 Å². The second-order valence-electron chi connectivity index (χ2n) is 4.96. The van der Waals surface area contributed by atoms with Gasteiger partial charge < -0.3 is 10.6 Å². The van der Waals surface area contributed by atoms with Crippen LogP contribution < -0.4 is 10.6 Å². The third kappa shape index (κ3) is 3.83. The van der Waals surface area contributed by atoms with E-state index in [9.17, 15) is 4.79 Å². The molecule has 1 aliphatic rings. The van der Waals surface area contributed by atoms with Crippen molar-refractivity contribution in [2.45, 2.75) is 39.5 Å².